The van der Waals surface area contributed by atoms with E-state index in [0.29, 0.717) is 6.07 Å². The number of hydrogen-bond donors (Lipinski definition) is 3. The minimum absolute atomic E-state index is 0.146. The van der Waals surface area contributed by atoms with E-state index in [1.54, 1.807) is 0 Å². The van der Waals surface area contributed by atoms with Gasteiger partial charge in [0.05, 0.1) is 11.1 Å². The molecule has 0 aliphatic heterocycles. The molecule has 0 unspecified atom stereocenters. The maximum Gasteiger partial charge on any atom is 0.336 e. The first-order valence-electron chi connectivity index (χ1n) is 4.84. The van der Waals surface area contributed by atoms with Crippen LogP contribution >= 0.6 is 0 Å². The van der Waals surface area contributed by atoms with Crippen molar-refractivity contribution >= 4 is 22.7 Å². The average molecular weight is 250 g/mol. The molecule has 18 heavy (non-hydrogen) atoms. The monoisotopic (exact) mass is 250 g/mol. The summed E-state index contributed by atoms with van der Waals surface area (Å²) in [6.07, 6.45) is 0. The van der Waals surface area contributed by atoms with Crippen LogP contribution in [0, 0.1) is 5.82 Å². The van der Waals surface area contributed by atoms with Gasteiger partial charge in [-0.2, -0.15) is 0 Å². The first-order chi connectivity index (χ1) is 8.43. The van der Waals surface area contributed by atoms with E-state index in [-0.39, 0.29) is 16.3 Å². The predicted molar refractivity (Wildman–Crippen MR) is 59.5 cm³/mol. The Bertz CT molecular complexity index is 678. The fraction of sp³-hybridized carbons (Fsp3) is 0. The second-order valence-corrected chi connectivity index (χ2v) is 3.59. The number of benzene rings is 2. The molecule has 0 saturated carbocycles. The summed E-state index contributed by atoms with van der Waals surface area (Å²) in [6, 6.07) is 4.35. The number of phenols is 1. The number of fused-ring (bicyclic) bond motifs is 1. The Morgan fingerprint density at radius 2 is 1.67 bits per heavy atom. The first-order valence-corrected chi connectivity index (χ1v) is 4.84. The molecule has 0 aliphatic rings. The van der Waals surface area contributed by atoms with Gasteiger partial charge < -0.3 is 15.3 Å². The van der Waals surface area contributed by atoms with Crippen LogP contribution in [0.1, 0.15) is 20.7 Å². The zero-order chi connectivity index (χ0) is 13.4. The Labute approximate surface area is 99.7 Å². The highest BCUT2D eigenvalue weighted by Crippen LogP contribution is 2.33. The van der Waals surface area contributed by atoms with E-state index in [4.69, 9.17) is 10.2 Å². The van der Waals surface area contributed by atoms with Crippen molar-refractivity contribution in [3.05, 3.63) is 41.2 Å². The third-order valence-electron chi connectivity index (χ3n) is 2.55. The Morgan fingerprint density at radius 1 is 1.06 bits per heavy atom. The molecule has 6 heteroatoms. The zero-order valence-electron chi connectivity index (χ0n) is 8.85. The molecular formula is C12H7FO5. The Morgan fingerprint density at radius 3 is 2.22 bits per heavy atom. The largest absolute Gasteiger partial charge is 0.504 e. The Hall–Kier alpha value is -2.63. The SMILES string of the molecule is O=C(O)c1cccc2c(O)c(F)cc(C(=O)O)c12. The highest BCUT2D eigenvalue weighted by molar-refractivity contribution is 6.14. The number of hydrogen-bond acceptors (Lipinski definition) is 3. The molecule has 2 rings (SSSR count). The summed E-state index contributed by atoms with van der Waals surface area (Å²) in [6.45, 7) is 0. The molecule has 92 valence electrons. The second-order valence-electron chi connectivity index (χ2n) is 3.59. The van der Waals surface area contributed by atoms with Crippen molar-refractivity contribution in [2.24, 2.45) is 0 Å². The fourth-order valence-corrected chi connectivity index (χ4v) is 1.78. The number of carboxylic acid groups (broad SMARTS) is 2. The van der Waals surface area contributed by atoms with Crippen LogP contribution in [0.15, 0.2) is 24.3 Å². The lowest BCUT2D eigenvalue weighted by Gasteiger charge is -2.08. The Kier molecular flexibility index (Phi) is 2.63. The molecule has 0 aliphatic carbocycles. The van der Waals surface area contributed by atoms with Gasteiger partial charge in [-0.05, 0) is 12.1 Å². The highest BCUT2D eigenvalue weighted by atomic mass is 19.1. The van der Waals surface area contributed by atoms with Crippen LogP contribution < -0.4 is 0 Å². The summed E-state index contributed by atoms with van der Waals surface area (Å²) in [4.78, 5) is 22.0. The van der Waals surface area contributed by atoms with Gasteiger partial charge >= 0.3 is 11.9 Å². The molecule has 2 aromatic carbocycles. The van der Waals surface area contributed by atoms with E-state index < -0.39 is 29.1 Å². The van der Waals surface area contributed by atoms with E-state index in [0.717, 1.165) is 0 Å². The molecule has 0 saturated heterocycles. The molecule has 0 heterocycles. The second kappa shape index (κ2) is 3.99. The summed E-state index contributed by atoms with van der Waals surface area (Å²) >= 11 is 0. The third-order valence-corrected chi connectivity index (χ3v) is 2.55. The maximum atomic E-state index is 13.3. The minimum Gasteiger partial charge on any atom is -0.504 e. The molecular weight excluding hydrogens is 243 g/mol. The summed E-state index contributed by atoms with van der Waals surface area (Å²) < 4.78 is 13.3. The van der Waals surface area contributed by atoms with Crippen molar-refractivity contribution in [2.45, 2.75) is 0 Å². The van der Waals surface area contributed by atoms with Gasteiger partial charge in [-0.25, -0.2) is 14.0 Å². The van der Waals surface area contributed by atoms with Crippen molar-refractivity contribution in [3.63, 3.8) is 0 Å². The van der Waals surface area contributed by atoms with Crippen LogP contribution in [0.3, 0.4) is 0 Å². The molecule has 3 N–H and O–H groups in total. The van der Waals surface area contributed by atoms with Crippen molar-refractivity contribution in [2.75, 3.05) is 0 Å². The number of aromatic hydroxyl groups is 1. The quantitative estimate of drug-likeness (QED) is 0.758. The molecule has 2 aromatic rings. The van der Waals surface area contributed by atoms with Crippen LogP contribution in [0.4, 0.5) is 4.39 Å². The highest BCUT2D eigenvalue weighted by Gasteiger charge is 2.20. The fourth-order valence-electron chi connectivity index (χ4n) is 1.78. The van der Waals surface area contributed by atoms with Crippen LogP contribution in [0.25, 0.3) is 10.8 Å². The number of halogens is 1. The number of carboxylic acids is 2. The van der Waals surface area contributed by atoms with Crippen LogP contribution in [0.2, 0.25) is 0 Å². The van der Waals surface area contributed by atoms with Crippen LogP contribution in [-0.2, 0) is 0 Å². The van der Waals surface area contributed by atoms with Gasteiger partial charge in [-0.3, -0.25) is 0 Å². The van der Waals surface area contributed by atoms with Crippen molar-refractivity contribution in [3.8, 4) is 5.75 Å². The predicted octanol–water partition coefficient (Wildman–Crippen LogP) is 2.08. The van der Waals surface area contributed by atoms with Gasteiger partial charge in [0.25, 0.3) is 0 Å². The molecule has 0 bridgehead atoms. The van der Waals surface area contributed by atoms with E-state index in [2.05, 4.69) is 0 Å². The van der Waals surface area contributed by atoms with Gasteiger partial charge in [-0.15, -0.1) is 0 Å². The maximum absolute atomic E-state index is 13.3. The van der Waals surface area contributed by atoms with Crippen LogP contribution in [0.5, 0.6) is 5.75 Å². The molecule has 5 nitrogen and oxygen atoms in total. The van der Waals surface area contributed by atoms with E-state index in [1.165, 1.54) is 18.2 Å². The smallest absolute Gasteiger partial charge is 0.336 e. The average Bonchev–Trinajstić information content (AvgIpc) is 2.32. The summed E-state index contributed by atoms with van der Waals surface area (Å²) in [5.41, 5.74) is -0.807. The lowest BCUT2D eigenvalue weighted by molar-refractivity contribution is 0.0695. The Balaban J connectivity index is 3.04. The van der Waals surface area contributed by atoms with Crippen molar-refractivity contribution in [1.82, 2.24) is 0 Å². The number of phenolic OH excluding ortho intramolecular Hbond substituents is 1. The van der Waals surface area contributed by atoms with E-state index in [9.17, 15) is 19.1 Å². The molecule has 0 fully saturated rings. The van der Waals surface area contributed by atoms with Gasteiger partial charge in [0.2, 0.25) is 0 Å². The zero-order valence-corrected chi connectivity index (χ0v) is 8.85. The summed E-state index contributed by atoms with van der Waals surface area (Å²) in [7, 11) is 0. The molecule has 0 atom stereocenters. The van der Waals surface area contributed by atoms with Gasteiger partial charge in [0.1, 0.15) is 0 Å². The van der Waals surface area contributed by atoms with E-state index in [1.807, 2.05) is 0 Å². The van der Waals surface area contributed by atoms with E-state index >= 15 is 0 Å². The molecule has 0 aromatic heterocycles. The van der Waals surface area contributed by atoms with Gasteiger partial charge in [-0.1, -0.05) is 12.1 Å². The molecule has 0 spiro atoms. The molecule has 0 amide bonds. The summed E-state index contributed by atoms with van der Waals surface area (Å²) in [5.74, 6) is -4.69. The van der Waals surface area contributed by atoms with Crippen molar-refractivity contribution < 1.29 is 29.3 Å². The van der Waals surface area contributed by atoms with Crippen molar-refractivity contribution in [1.29, 1.82) is 0 Å². The number of carbonyl (C=O) groups is 2. The van der Waals surface area contributed by atoms with Crippen LogP contribution in [-0.4, -0.2) is 27.3 Å². The minimum atomic E-state index is -1.47. The third kappa shape index (κ3) is 1.64. The first kappa shape index (κ1) is 11.8. The normalized spacial score (nSPS) is 10.5. The molecule has 0 radical (unpaired) electrons. The number of rotatable bonds is 2. The lowest BCUT2D eigenvalue weighted by Crippen LogP contribution is -2.05. The van der Waals surface area contributed by atoms with Gasteiger partial charge in [0.15, 0.2) is 11.6 Å². The topological polar surface area (TPSA) is 94.8 Å². The van der Waals surface area contributed by atoms with Gasteiger partial charge in [0, 0.05) is 10.8 Å². The summed E-state index contributed by atoms with van der Waals surface area (Å²) in [5, 5.41) is 27.1. The standard InChI is InChI=1S/C12H7FO5/c13-8-4-7(12(17)18)9-5(10(8)14)2-1-3-6(9)11(15)16/h1-4,14H,(H,15,16)(H,17,18). The lowest BCUT2D eigenvalue weighted by atomic mass is 9.98. The number of aromatic carboxylic acids is 2.